The van der Waals surface area contributed by atoms with Gasteiger partial charge < -0.3 is 10.2 Å². The van der Waals surface area contributed by atoms with Gasteiger partial charge in [0.2, 0.25) is 5.91 Å². The average Bonchev–Trinajstić information content (AvgIpc) is 2.56. The molecule has 0 spiro atoms. The van der Waals surface area contributed by atoms with Crippen LogP contribution in [0.25, 0.3) is 0 Å². The normalized spacial score (nSPS) is 10.3. The first-order valence-corrected chi connectivity index (χ1v) is 8.13. The van der Waals surface area contributed by atoms with Gasteiger partial charge in [0.1, 0.15) is 0 Å². The van der Waals surface area contributed by atoms with E-state index in [4.69, 9.17) is 23.2 Å². The maximum Gasteiger partial charge on any atom is 0.253 e. The maximum atomic E-state index is 12.0. The molecule has 126 valence electrons. The predicted molar refractivity (Wildman–Crippen MR) is 96.5 cm³/mol. The van der Waals surface area contributed by atoms with E-state index < -0.39 is 0 Å². The molecule has 0 radical (unpaired) electrons. The van der Waals surface area contributed by atoms with Crippen molar-refractivity contribution in [1.82, 2.24) is 10.2 Å². The van der Waals surface area contributed by atoms with Gasteiger partial charge in [-0.1, -0.05) is 41.4 Å². The van der Waals surface area contributed by atoms with Crippen molar-refractivity contribution < 1.29 is 9.59 Å². The Hall–Kier alpha value is -2.04. The lowest BCUT2D eigenvalue weighted by atomic mass is 10.1. The number of hydrogen-bond acceptors (Lipinski definition) is 2. The molecule has 0 aromatic heterocycles. The fraction of sp³-hybridized carbons (Fsp3) is 0.222. The number of rotatable bonds is 5. The van der Waals surface area contributed by atoms with E-state index in [0.29, 0.717) is 22.2 Å². The van der Waals surface area contributed by atoms with E-state index >= 15 is 0 Å². The van der Waals surface area contributed by atoms with Crippen LogP contribution >= 0.6 is 23.2 Å². The Bertz CT molecular complexity index is 760. The number of carbonyl (C=O) groups excluding carboxylic acids is 2. The number of halogens is 2. The van der Waals surface area contributed by atoms with Gasteiger partial charge in [0.15, 0.2) is 0 Å². The molecule has 0 aliphatic heterocycles. The summed E-state index contributed by atoms with van der Waals surface area (Å²) in [6.45, 7) is 0.356. The molecule has 1 N–H and O–H groups in total. The lowest BCUT2D eigenvalue weighted by Gasteiger charge is -2.11. The van der Waals surface area contributed by atoms with Gasteiger partial charge in [-0.2, -0.15) is 0 Å². The minimum absolute atomic E-state index is 0.0704. The smallest absolute Gasteiger partial charge is 0.253 e. The van der Waals surface area contributed by atoms with Gasteiger partial charge in [-0.25, -0.2) is 0 Å². The van der Waals surface area contributed by atoms with Crippen LogP contribution in [0, 0.1) is 0 Å². The third-order valence-electron chi connectivity index (χ3n) is 3.42. The molecular formula is C18H18Cl2N2O2. The molecule has 2 rings (SSSR count). The molecule has 4 nitrogen and oxygen atoms in total. The highest BCUT2D eigenvalue weighted by molar-refractivity contribution is 6.42. The van der Waals surface area contributed by atoms with Crippen molar-refractivity contribution in [3.8, 4) is 0 Å². The van der Waals surface area contributed by atoms with E-state index in [0.717, 1.165) is 11.1 Å². The lowest BCUT2D eigenvalue weighted by Crippen LogP contribution is -2.25. The quantitative estimate of drug-likeness (QED) is 0.881. The molecular weight excluding hydrogens is 347 g/mol. The molecule has 2 aromatic rings. The van der Waals surface area contributed by atoms with Crippen LogP contribution in [0.1, 0.15) is 21.5 Å². The van der Waals surface area contributed by atoms with E-state index in [1.807, 2.05) is 6.07 Å². The second-order valence-electron chi connectivity index (χ2n) is 5.60. The summed E-state index contributed by atoms with van der Waals surface area (Å²) < 4.78 is 0. The van der Waals surface area contributed by atoms with Gasteiger partial charge in [0.05, 0.1) is 16.5 Å². The first-order chi connectivity index (χ1) is 11.4. The Labute approximate surface area is 151 Å². The molecule has 0 fully saturated rings. The van der Waals surface area contributed by atoms with Crippen LogP contribution in [0.4, 0.5) is 0 Å². The zero-order valence-electron chi connectivity index (χ0n) is 13.5. The van der Waals surface area contributed by atoms with Gasteiger partial charge in [-0.3, -0.25) is 9.59 Å². The fourth-order valence-electron chi connectivity index (χ4n) is 2.17. The number of nitrogens with zero attached hydrogens (tertiary/aromatic N) is 1. The lowest BCUT2D eigenvalue weighted by molar-refractivity contribution is -0.120. The summed E-state index contributed by atoms with van der Waals surface area (Å²) in [5.74, 6) is -0.197. The highest BCUT2D eigenvalue weighted by Crippen LogP contribution is 2.22. The largest absolute Gasteiger partial charge is 0.352 e. The molecule has 0 saturated heterocycles. The topological polar surface area (TPSA) is 49.4 Å². The SMILES string of the molecule is CN(C)C(=O)c1cccc(CNC(=O)Cc2ccc(Cl)c(Cl)c2)c1. The van der Waals surface area contributed by atoms with Crippen molar-refractivity contribution in [1.29, 1.82) is 0 Å². The van der Waals surface area contributed by atoms with E-state index in [1.54, 1.807) is 50.5 Å². The summed E-state index contributed by atoms with van der Waals surface area (Å²) >= 11 is 11.8. The second-order valence-corrected chi connectivity index (χ2v) is 6.42. The van der Waals surface area contributed by atoms with Gasteiger partial charge in [-0.15, -0.1) is 0 Å². The predicted octanol–water partition coefficient (Wildman–Crippen LogP) is 3.55. The van der Waals surface area contributed by atoms with Crippen LogP contribution in [0.5, 0.6) is 0 Å². The Morgan fingerprint density at radius 1 is 1.00 bits per heavy atom. The molecule has 0 heterocycles. The molecule has 0 saturated carbocycles. The van der Waals surface area contributed by atoms with Crippen LogP contribution < -0.4 is 5.32 Å². The summed E-state index contributed by atoms with van der Waals surface area (Å²) in [6.07, 6.45) is 0.215. The van der Waals surface area contributed by atoms with Crippen molar-refractivity contribution >= 4 is 35.0 Å². The van der Waals surface area contributed by atoms with Crippen LogP contribution in [0.3, 0.4) is 0 Å². The van der Waals surface area contributed by atoms with Crippen LogP contribution in [-0.4, -0.2) is 30.8 Å². The first kappa shape index (κ1) is 18.3. The number of nitrogens with one attached hydrogen (secondary N) is 1. The van der Waals surface area contributed by atoms with E-state index in [1.165, 1.54) is 4.90 Å². The van der Waals surface area contributed by atoms with E-state index in [2.05, 4.69) is 5.32 Å². The number of carbonyl (C=O) groups is 2. The molecule has 0 bridgehead atoms. The van der Waals surface area contributed by atoms with Crippen molar-refractivity contribution in [3.05, 3.63) is 69.2 Å². The zero-order valence-corrected chi connectivity index (χ0v) is 15.0. The molecule has 2 aromatic carbocycles. The Kier molecular flexibility index (Phi) is 6.23. The summed E-state index contributed by atoms with van der Waals surface area (Å²) in [4.78, 5) is 25.5. The summed E-state index contributed by atoms with van der Waals surface area (Å²) in [6, 6.07) is 12.3. The van der Waals surface area contributed by atoms with Crippen molar-refractivity contribution in [2.75, 3.05) is 14.1 Å². The first-order valence-electron chi connectivity index (χ1n) is 7.38. The van der Waals surface area contributed by atoms with Crippen LogP contribution in [-0.2, 0) is 17.8 Å². The number of benzene rings is 2. The highest BCUT2D eigenvalue weighted by Gasteiger charge is 2.09. The number of amides is 2. The maximum absolute atomic E-state index is 12.0. The molecule has 0 aliphatic carbocycles. The van der Waals surface area contributed by atoms with Crippen molar-refractivity contribution in [2.24, 2.45) is 0 Å². The van der Waals surface area contributed by atoms with Gasteiger partial charge in [-0.05, 0) is 35.4 Å². The molecule has 24 heavy (non-hydrogen) atoms. The second kappa shape index (κ2) is 8.18. The van der Waals surface area contributed by atoms with Gasteiger partial charge in [0, 0.05) is 26.2 Å². The monoisotopic (exact) mass is 364 g/mol. The molecule has 0 aliphatic rings. The third kappa shape index (κ3) is 4.98. The van der Waals surface area contributed by atoms with E-state index in [-0.39, 0.29) is 18.2 Å². The molecule has 2 amide bonds. The summed E-state index contributed by atoms with van der Waals surface area (Å²) in [7, 11) is 3.40. The van der Waals surface area contributed by atoms with Crippen molar-refractivity contribution in [2.45, 2.75) is 13.0 Å². The molecule has 0 atom stereocenters. The van der Waals surface area contributed by atoms with E-state index in [9.17, 15) is 9.59 Å². The minimum Gasteiger partial charge on any atom is -0.352 e. The van der Waals surface area contributed by atoms with Gasteiger partial charge >= 0.3 is 0 Å². The minimum atomic E-state index is -0.127. The van der Waals surface area contributed by atoms with Gasteiger partial charge in [0.25, 0.3) is 5.91 Å². The molecule has 0 unspecified atom stereocenters. The standard InChI is InChI=1S/C18H18Cl2N2O2/c1-22(2)18(24)14-5-3-4-13(8-14)11-21-17(23)10-12-6-7-15(19)16(20)9-12/h3-9H,10-11H2,1-2H3,(H,21,23). The van der Waals surface area contributed by atoms with Crippen molar-refractivity contribution in [3.63, 3.8) is 0 Å². The Morgan fingerprint density at radius 2 is 1.75 bits per heavy atom. The highest BCUT2D eigenvalue weighted by atomic mass is 35.5. The van der Waals surface area contributed by atoms with Crippen LogP contribution in [0.2, 0.25) is 10.0 Å². The van der Waals surface area contributed by atoms with Crippen LogP contribution in [0.15, 0.2) is 42.5 Å². The summed E-state index contributed by atoms with van der Waals surface area (Å²) in [5.41, 5.74) is 2.25. The number of hydrogen-bond donors (Lipinski definition) is 1. The Balaban J connectivity index is 1.95. The third-order valence-corrected chi connectivity index (χ3v) is 4.16. The molecule has 6 heteroatoms. The summed E-state index contributed by atoms with van der Waals surface area (Å²) in [5, 5.41) is 3.73. The zero-order chi connectivity index (χ0) is 17.7. The average molecular weight is 365 g/mol. The Morgan fingerprint density at radius 3 is 2.42 bits per heavy atom. The fourth-order valence-corrected chi connectivity index (χ4v) is 2.49.